The van der Waals surface area contributed by atoms with E-state index in [-0.39, 0.29) is 0 Å². The fourth-order valence-corrected chi connectivity index (χ4v) is 1.94. The molecule has 0 amide bonds. The van der Waals surface area contributed by atoms with E-state index in [4.69, 9.17) is 0 Å². The fourth-order valence-electron chi connectivity index (χ4n) is 1.94. The second-order valence-electron chi connectivity index (χ2n) is 4.75. The lowest BCUT2D eigenvalue weighted by Gasteiger charge is -2.07. The molecule has 2 heteroatoms. The van der Waals surface area contributed by atoms with Crippen molar-refractivity contribution in [1.82, 2.24) is 10.3 Å². The first-order valence-corrected chi connectivity index (χ1v) is 6.33. The van der Waals surface area contributed by atoms with Crippen molar-refractivity contribution >= 4 is 10.9 Å². The van der Waals surface area contributed by atoms with E-state index in [0.29, 0.717) is 6.04 Å². The molecule has 0 spiro atoms. The molecule has 0 fully saturated rings. The SMILES string of the molecule is CC(C)NCCCc1cnc2ccccc2c1. The fraction of sp³-hybridized carbons (Fsp3) is 0.400. The molecule has 1 N–H and O–H groups in total. The second-order valence-corrected chi connectivity index (χ2v) is 4.75. The Balaban J connectivity index is 1.95. The van der Waals surface area contributed by atoms with Crippen LogP contribution in [0.5, 0.6) is 0 Å². The Bertz CT molecular complexity index is 477. The molecule has 0 aliphatic rings. The Kier molecular flexibility index (Phi) is 4.10. The number of pyridine rings is 1. The van der Waals surface area contributed by atoms with Crippen molar-refractivity contribution in [2.24, 2.45) is 0 Å². The Morgan fingerprint density at radius 3 is 2.88 bits per heavy atom. The summed E-state index contributed by atoms with van der Waals surface area (Å²) in [5, 5.41) is 4.67. The number of aromatic nitrogens is 1. The third kappa shape index (κ3) is 3.53. The largest absolute Gasteiger partial charge is 0.315 e. The van der Waals surface area contributed by atoms with Gasteiger partial charge in [-0.2, -0.15) is 0 Å². The number of para-hydroxylation sites is 1. The van der Waals surface area contributed by atoms with Gasteiger partial charge in [-0.15, -0.1) is 0 Å². The lowest BCUT2D eigenvalue weighted by molar-refractivity contribution is 0.570. The molecular formula is C15H20N2. The minimum absolute atomic E-state index is 0.574. The van der Waals surface area contributed by atoms with Gasteiger partial charge in [0.2, 0.25) is 0 Å². The maximum absolute atomic E-state index is 4.47. The zero-order valence-corrected chi connectivity index (χ0v) is 10.6. The molecule has 0 saturated carbocycles. The van der Waals surface area contributed by atoms with E-state index < -0.39 is 0 Å². The third-order valence-electron chi connectivity index (χ3n) is 2.84. The van der Waals surface area contributed by atoms with Crippen molar-refractivity contribution in [3.8, 4) is 0 Å². The predicted molar refractivity (Wildman–Crippen MR) is 73.2 cm³/mol. The first-order chi connectivity index (χ1) is 8.25. The summed E-state index contributed by atoms with van der Waals surface area (Å²) in [5.41, 5.74) is 2.41. The minimum atomic E-state index is 0.574. The molecule has 0 radical (unpaired) electrons. The standard InChI is InChI=1S/C15H20N2/c1-12(2)16-9-5-6-13-10-14-7-3-4-8-15(14)17-11-13/h3-4,7-8,10-12,16H,5-6,9H2,1-2H3. The molecule has 0 bridgehead atoms. The zero-order valence-electron chi connectivity index (χ0n) is 10.6. The summed E-state index contributed by atoms with van der Waals surface area (Å²) in [6, 6.07) is 11.1. The minimum Gasteiger partial charge on any atom is -0.315 e. The van der Waals surface area contributed by atoms with Gasteiger partial charge in [0.05, 0.1) is 5.52 Å². The van der Waals surface area contributed by atoms with E-state index in [1.54, 1.807) is 0 Å². The normalized spacial score (nSPS) is 11.2. The maximum Gasteiger partial charge on any atom is 0.0702 e. The number of aryl methyl sites for hydroxylation is 1. The van der Waals surface area contributed by atoms with Gasteiger partial charge in [0.15, 0.2) is 0 Å². The van der Waals surface area contributed by atoms with E-state index in [9.17, 15) is 0 Å². The summed E-state index contributed by atoms with van der Waals surface area (Å²) in [5.74, 6) is 0. The van der Waals surface area contributed by atoms with Crippen LogP contribution in [0.1, 0.15) is 25.8 Å². The first kappa shape index (κ1) is 12.1. The Morgan fingerprint density at radius 1 is 1.24 bits per heavy atom. The molecule has 1 heterocycles. The van der Waals surface area contributed by atoms with Crippen LogP contribution in [0.2, 0.25) is 0 Å². The summed E-state index contributed by atoms with van der Waals surface area (Å²) in [6.45, 7) is 5.43. The summed E-state index contributed by atoms with van der Waals surface area (Å²) in [6.07, 6.45) is 4.26. The van der Waals surface area contributed by atoms with Crippen LogP contribution in [0.25, 0.3) is 10.9 Å². The number of hydrogen-bond donors (Lipinski definition) is 1. The van der Waals surface area contributed by atoms with Gasteiger partial charge in [0, 0.05) is 17.6 Å². The summed E-state index contributed by atoms with van der Waals surface area (Å²) < 4.78 is 0. The number of rotatable bonds is 5. The lowest BCUT2D eigenvalue weighted by Crippen LogP contribution is -2.23. The quantitative estimate of drug-likeness (QED) is 0.795. The Hall–Kier alpha value is -1.41. The first-order valence-electron chi connectivity index (χ1n) is 6.33. The molecule has 2 rings (SSSR count). The number of fused-ring (bicyclic) bond motifs is 1. The average molecular weight is 228 g/mol. The maximum atomic E-state index is 4.47. The Morgan fingerprint density at radius 2 is 2.06 bits per heavy atom. The van der Waals surface area contributed by atoms with E-state index in [0.717, 1.165) is 24.9 Å². The highest BCUT2D eigenvalue weighted by Crippen LogP contribution is 2.13. The predicted octanol–water partition coefficient (Wildman–Crippen LogP) is 3.17. The van der Waals surface area contributed by atoms with Crippen LogP contribution in [0, 0.1) is 0 Å². The van der Waals surface area contributed by atoms with Gasteiger partial charge in [-0.1, -0.05) is 32.0 Å². The monoisotopic (exact) mass is 228 g/mol. The molecule has 17 heavy (non-hydrogen) atoms. The molecule has 0 aliphatic heterocycles. The number of nitrogens with one attached hydrogen (secondary N) is 1. The van der Waals surface area contributed by atoms with Crippen molar-refractivity contribution in [1.29, 1.82) is 0 Å². The van der Waals surface area contributed by atoms with Crippen LogP contribution in [0.3, 0.4) is 0 Å². The lowest BCUT2D eigenvalue weighted by atomic mass is 10.1. The van der Waals surface area contributed by atoms with Crippen LogP contribution in [0.15, 0.2) is 36.5 Å². The van der Waals surface area contributed by atoms with Gasteiger partial charge in [-0.3, -0.25) is 4.98 Å². The third-order valence-corrected chi connectivity index (χ3v) is 2.84. The molecule has 0 saturated heterocycles. The van der Waals surface area contributed by atoms with Crippen molar-refractivity contribution in [2.45, 2.75) is 32.7 Å². The van der Waals surface area contributed by atoms with Crippen molar-refractivity contribution in [3.05, 3.63) is 42.1 Å². The van der Waals surface area contributed by atoms with Gasteiger partial charge in [0.1, 0.15) is 0 Å². The molecular weight excluding hydrogens is 208 g/mol. The molecule has 1 aromatic heterocycles. The van der Waals surface area contributed by atoms with Crippen LogP contribution in [-0.2, 0) is 6.42 Å². The van der Waals surface area contributed by atoms with Gasteiger partial charge >= 0.3 is 0 Å². The number of hydrogen-bond acceptors (Lipinski definition) is 2. The molecule has 90 valence electrons. The highest BCUT2D eigenvalue weighted by Gasteiger charge is 1.98. The van der Waals surface area contributed by atoms with E-state index >= 15 is 0 Å². The van der Waals surface area contributed by atoms with Crippen molar-refractivity contribution < 1.29 is 0 Å². The van der Waals surface area contributed by atoms with Crippen LogP contribution in [-0.4, -0.2) is 17.6 Å². The smallest absolute Gasteiger partial charge is 0.0702 e. The van der Waals surface area contributed by atoms with Gasteiger partial charge in [-0.05, 0) is 37.1 Å². The molecule has 0 atom stereocenters. The van der Waals surface area contributed by atoms with Crippen molar-refractivity contribution in [2.75, 3.05) is 6.54 Å². The zero-order chi connectivity index (χ0) is 12.1. The van der Waals surface area contributed by atoms with Crippen LogP contribution in [0.4, 0.5) is 0 Å². The van der Waals surface area contributed by atoms with E-state index in [2.05, 4.69) is 48.4 Å². The van der Waals surface area contributed by atoms with E-state index in [1.807, 2.05) is 12.3 Å². The Labute approximate surface area is 103 Å². The molecule has 1 aromatic carbocycles. The van der Waals surface area contributed by atoms with Crippen molar-refractivity contribution in [3.63, 3.8) is 0 Å². The van der Waals surface area contributed by atoms with Crippen LogP contribution >= 0.6 is 0 Å². The van der Waals surface area contributed by atoms with Gasteiger partial charge in [0.25, 0.3) is 0 Å². The summed E-state index contributed by atoms with van der Waals surface area (Å²) in [7, 11) is 0. The van der Waals surface area contributed by atoms with Gasteiger partial charge in [-0.25, -0.2) is 0 Å². The average Bonchev–Trinajstić information content (AvgIpc) is 2.34. The highest BCUT2D eigenvalue weighted by atomic mass is 14.9. The molecule has 2 aromatic rings. The van der Waals surface area contributed by atoms with E-state index in [1.165, 1.54) is 10.9 Å². The van der Waals surface area contributed by atoms with Gasteiger partial charge < -0.3 is 5.32 Å². The topological polar surface area (TPSA) is 24.9 Å². The molecule has 0 aliphatic carbocycles. The summed E-state index contributed by atoms with van der Waals surface area (Å²) >= 11 is 0. The van der Waals surface area contributed by atoms with Crippen LogP contribution < -0.4 is 5.32 Å². The second kappa shape index (κ2) is 5.78. The highest BCUT2D eigenvalue weighted by molar-refractivity contribution is 5.78. The molecule has 2 nitrogen and oxygen atoms in total. The number of nitrogens with zero attached hydrogens (tertiary/aromatic N) is 1. The number of benzene rings is 1. The summed E-state index contributed by atoms with van der Waals surface area (Å²) in [4.78, 5) is 4.47. The molecule has 0 unspecified atom stereocenters.